The molecule has 2 aromatic heterocycles. The van der Waals surface area contributed by atoms with Gasteiger partial charge >= 0.3 is 0 Å². The van der Waals surface area contributed by atoms with Gasteiger partial charge in [-0.25, -0.2) is 8.42 Å². The van der Waals surface area contributed by atoms with E-state index in [1.165, 1.54) is 0 Å². The van der Waals surface area contributed by atoms with Gasteiger partial charge in [-0.3, -0.25) is 0 Å². The highest BCUT2D eigenvalue weighted by Crippen LogP contribution is 2.22. The number of rotatable bonds is 7. The van der Waals surface area contributed by atoms with E-state index in [4.69, 9.17) is 0 Å². The fraction of sp³-hybridized carbons (Fsp3) is 0.176. The van der Waals surface area contributed by atoms with Crippen molar-refractivity contribution in [1.29, 1.82) is 0 Å². The Morgan fingerprint density at radius 3 is 1.83 bits per heavy atom. The Hall–Kier alpha value is -1.47. The maximum absolute atomic E-state index is 12.9. The van der Waals surface area contributed by atoms with Crippen molar-refractivity contribution in [2.75, 3.05) is 0 Å². The lowest BCUT2D eigenvalue weighted by Gasteiger charge is -2.21. The number of benzene rings is 1. The maximum atomic E-state index is 12.9. The Balaban J connectivity index is 1.83. The van der Waals surface area contributed by atoms with Crippen molar-refractivity contribution in [2.24, 2.45) is 0 Å². The Bertz CT molecular complexity index is 774. The number of hydrogen-bond donors (Lipinski definition) is 0. The fourth-order valence-electron chi connectivity index (χ4n) is 2.28. The highest BCUT2D eigenvalue weighted by Gasteiger charge is 2.23. The van der Waals surface area contributed by atoms with Crippen LogP contribution < -0.4 is 0 Å². The third-order valence-electron chi connectivity index (χ3n) is 3.41. The van der Waals surface area contributed by atoms with Gasteiger partial charge in [0.15, 0.2) is 0 Å². The molecule has 1 aromatic carbocycles. The van der Waals surface area contributed by atoms with E-state index in [1.807, 2.05) is 65.4 Å². The van der Waals surface area contributed by atoms with Crippen molar-refractivity contribution in [3.8, 4) is 0 Å². The molecule has 0 saturated carbocycles. The summed E-state index contributed by atoms with van der Waals surface area (Å²) >= 11 is 3.17. The average Bonchev–Trinajstić information content (AvgIpc) is 3.21. The molecule has 0 spiro atoms. The Morgan fingerprint density at radius 1 is 0.783 bits per heavy atom. The van der Waals surface area contributed by atoms with Gasteiger partial charge in [-0.05, 0) is 28.5 Å². The van der Waals surface area contributed by atoms with Crippen molar-refractivity contribution in [2.45, 2.75) is 18.8 Å². The molecule has 6 heteroatoms. The van der Waals surface area contributed by atoms with Crippen LogP contribution in [0.5, 0.6) is 0 Å². The zero-order valence-electron chi connectivity index (χ0n) is 12.5. The minimum Gasteiger partial charge on any atom is -0.212 e. The van der Waals surface area contributed by atoms with E-state index in [2.05, 4.69) is 0 Å². The first-order chi connectivity index (χ1) is 11.1. The lowest BCUT2D eigenvalue weighted by molar-refractivity contribution is 0.406. The van der Waals surface area contributed by atoms with E-state index < -0.39 is 10.0 Å². The largest absolute Gasteiger partial charge is 0.218 e. The summed E-state index contributed by atoms with van der Waals surface area (Å²) in [5.74, 6) is 0.0323. The zero-order valence-corrected chi connectivity index (χ0v) is 14.9. The molecule has 0 atom stereocenters. The number of hydrogen-bond acceptors (Lipinski definition) is 4. The molecule has 0 aliphatic carbocycles. The van der Waals surface area contributed by atoms with Crippen LogP contribution in [0, 0.1) is 0 Å². The van der Waals surface area contributed by atoms with Crippen LogP contribution in [-0.4, -0.2) is 12.7 Å². The molecule has 3 nitrogen and oxygen atoms in total. The predicted octanol–water partition coefficient (Wildman–Crippen LogP) is 4.34. The molecule has 0 N–H and O–H groups in total. The minimum atomic E-state index is -3.38. The summed E-state index contributed by atoms with van der Waals surface area (Å²) in [4.78, 5) is 2.11. The summed E-state index contributed by atoms with van der Waals surface area (Å²) in [5.41, 5.74) is 0.815. The number of nitrogens with zero attached hydrogens (tertiary/aromatic N) is 1. The highest BCUT2D eigenvalue weighted by atomic mass is 32.2. The van der Waals surface area contributed by atoms with Crippen LogP contribution in [0.15, 0.2) is 65.4 Å². The normalized spacial score (nSPS) is 11.9. The van der Waals surface area contributed by atoms with Crippen LogP contribution in [0.25, 0.3) is 0 Å². The Labute approximate surface area is 144 Å². The van der Waals surface area contributed by atoms with Gasteiger partial charge < -0.3 is 0 Å². The van der Waals surface area contributed by atoms with E-state index in [1.54, 1.807) is 27.0 Å². The average molecular weight is 364 g/mol. The van der Waals surface area contributed by atoms with Crippen LogP contribution in [0.2, 0.25) is 0 Å². The molecule has 0 amide bonds. The first kappa shape index (κ1) is 16.4. The van der Waals surface area contributed by atoms with Crippen molar-refractivity contribution < 1.29 is 8.42 Å². The van der Waals surface area contributed by atoms with Crippen LogP contribution in [0.1, 0.15) is 15.3 Å². The van der Waals surface area contributed by atoms with Gasteiger partial charge in [0.05, 0.1) is 5.75 Å². The summed E-state index contributed by atoms with van der Waals surface area (Å²) in [6.07, 6.45) is 0. The summed E-state index contributed by atoms with van der Waals surface area (Å²) in [6, 6.07) is 17.2. The van der Waals surface area contributed by atoms with Gasteiger partial charge in [-0.15, -0.1) is 22.7 Å². The molecular formula is C17H17NO2S3. The molecule has 3 aromatic rings. The third-order valence-corrected chi connectivity index (χ3v) is 6.88. The quantitative estimate of drug-likeness (QED) is 0.626. The van der Waals surface area contributed by atoms with E-state index in [0.717, 1.165) is 15.3 Å². The topological polar surface area (TPSA) is 37.4 Å². The van der Waals surface area contributed by atoms with Gasteiger partial charge in [0, 0.05) is 22.8 Å². The van der Waals surface area contributed by atoms with Crippen LogP contribution in [0.3, 0.4) is 0 Å². The molecule has 23 heavy (non-hydrogen) atoms. The van der Waals surface area contributed by atoms with Gasteiger partial charge in [0.1, 0.15) is 0 Å². The molecule has 0 aliphatic rings. The molecule has 2 heterocycles. The molecule has 0 bridgehead atoms. The second-order valence-corrected chi connectivity index (χ2v) is 9.20. The van der Waals surface area contributed by atoms with Crippen LogP contribution in [-0.2, 0) is 28.9 Å². The maximum Gasteiger partial charge on any atom is 0.218 e. The van der Waals surface area contributed by atoms with Gasteiger partial charge in [0.2, 0.25) is 10.0 Å². The van der Waals surface area contributed by atoms with E-state index in [-0.39, 0.29) is 5.75 Å². The molecular weight excluding hydrogens is 346 g/mol. The lowest BCUT2D eigenvalue weighted by Crippen LogP contribution is -2.30. The highest BCUT2D eigenvalue weighted by molar-refractivity contribution is 7.88. The molecule has 0 unspecified atom stereocenters. The molecule has 0 fully saturated rings. The van der Waals surface area contributed by atoms with Gasteiger partial charge in [-0.1, -0.05) is 42.5 Å². The van der Waals surface area contributed by atoms with Crippen molar-refractivity contribution in [3.05, 3.63) is 80.7 Å². The van der Waals surface area contributed by atoms with Gasteiger partial charge in [-0.2, -0.15) is 4.31 Å². The summed E-state index contributed by atoms with van der Waals surface area (Å²) in [6.45, 7) is 0.843. The Kier molecular flexibility index (Phi) is 5.27. The lowest BCUT2D eigenvalue weighted by atomic mass is 10.2. The van der Waals surface area contributed by atoms with Crippen molar-refractivity contribution >= 4 is 32.7 Å². The SMILES string of the molecule is O=S(=O)(Cc1ccccc1)N(Cc1cccs1)Cc1cccs1. The molecule has 0 saturated heterocycles. The fourth-order valence-corrected chi connectivity index (χ4v) is 5.35. The predicted molar refractivity (Wildman–Crippen MR) is 97.0 cm³/mol. The van der Waals surface area contributed by atoms with Gasteiger partial charge in [0.25, 0.3) is 0 Å². The number of sulfonamides is 1. The third kappa shape index (κ3) is 4.51. The van der Waals surface area contributed by atoms with Crippen molar-refractivity contribution in [1.82, 2.24) is 4.31 Å². The Morgan fingerprint density at radius 2 is 1.35 bits per heavy atom. The smallest absolute Gasteiger partial charge is 0.212 e. The van der Waals surface area contributed by atoms with E-state index in [9.17, 15) is 8.42 Å². The summed E-state index contributed by atoms with van der Waals surface area (Å²) in [7, 11) is -3.38. The second kappa shape index (κ2) is 7.40. The molecule has 0 radical (unpaired) electrons. The van der Waals surface area contributed by atoms with E-state index >= 15 is 0 Å². The minimum absolute atomic E-state index is 0.0323. The molecule has 120 valence electrons. The summed E-state index contributed by atoms with van der Waals surface area (Å²) in [5, 5.41) is 3.95. The second-order valence-electron chi connectivity index (χ2n) is 5.17. The first-order valence-electron chi connectivity index (χ1n) is 7.20. The van der Waals surface area contributed by atoms with Crippen molar-refractivity contribution in [3.63, 3.8) is 0 Å². The van der Waals surface area contributed by atoms with E-state index in [0.29, 0.717) is 13.1 Å². The first-order valence-corrected chi connectivity index (χ1v) is 10.6. The number of thiophene rings is 2. The van der Waals surface area contributed by atoms with Crippen LogP contribution >= 0.6 is 22.7 Å². The molecule has 0 aliphatic heterocycles. The summed E-state index contributed by atoms with van der Waals surface area (Å²) < 4.78 is 27.4. The zero-order chi connectivity index (χ0) is 16.1. The standard InChI is InChI=1S/C17H17NO2S3/c19-23(20,14-15-6-2-1-3-7-15)18(12-16-8-4-10-21-16)13-17-9-5-11-22-17/h1-11H,12-14H2. The molecule has 3 rings (SSSR count). The monoisotopic (exact) mass is 363 g/mol. The van der Waals surface area contributed by atoms with Crippen LogP contribution in [0.4, 0.5) is 0 Å².